The number of piperazine rings is 1. The van der Waals surface area contributed by atoms with Crippen LogP contribution >= 0.6 is 0 Å². The monoisotopic (exact) mass is 300 g/mol. The Kier molecular flexibility index (Phi) is 3.74. The molecule has 0 atom stereocenters. The molecule has 1 aromatic rings. The van der Waals surface area contributed by atoms with Crippen molar-refractivity contribution in [2.45, 2.75) is 25.3 Å². The van der Waals surface area contributed by atoms with E-state index in [2.05, 4.69) is 25.8 Å². The van der Waals surface area contributed by atoms with E-state index in [-0.39, 0.29) is 0 Å². The first-order valence-corrected chi connectivity index (χ1v) is 8.50. The number of likely N-dealkylation sites (tertiary alicyclic amines) is 1. The van der Waals surface area contributed by atoms with Crippen LogP contribution in [0.15, 0.2) is 24.4 Å². The normalized spacial score (nSPS) is 24.0. The molecule has 0 bridgehead atoms. The third-order valence-corrected chi connectivity index (χ3v) is 5.43. The van der Waals surface area contributed by atoms with Crippen molar-refractivity contribution in [1.29, 1.82) is 0 Å². The second-order valence-electron chi connectivity index (χ2n) is 6.74. The fourth-order valence-corrected chi connectivity index (χ4v) is 3.64. The number of pyridine rings is 1. The van der Waals surface area contributed by atoms with E-state index in [1.165, 1.54) is 6.42 Å². The quantitative estimate of drug-likeness (QED) is 0.841. The number of rotatable bonds is 3. The zero-order chi connectivity index (χ0) is 14.9. The van der Waals surface area contributed by atoms with Crippen molar-refractivity contribution in [2.24, 2.45) is 5.92 Å². The van der Waals surface area contributed by atoms with Gasteiger partial charge in [0.25, 0.3) is 0 Å². The van der Waals surface area contributed by atoms with Crippen LogP contribution in [0.25, 0.3) is 0 Å². The predicted octanol–water partition coefficient (Wildman–Crippen LogP) is 1.21. The maximum atomic E-state index is 12.2. The molecule has 118 valence electrons. The minimum absolute atomic E-state index is 0.349. The van der Waals surface area contributed by atoms with Gasteiger partial charge < -0.3 is 9.80 Å². The highest BCUT2D eigenvalue weighted by atomic mass is 16.2. The highest BCUT2D eigenvalue weighted by Gasteiger charge is 2.39. The second-order valence-corrected chi connectivity index (χ2v) is 6.74. The van der Waals surface area contributed by atoms with Crippen molar-refractivity contribution in [3.05, 3.63) is 24.4 Å². The van der Waals surface area contributed by atoms with Gasteiger partial charge >= 0.3 is 0 Å². The maximum Gasteiger partial charge on any atom is 0.225 e. The van der Waals surface area contributed by atoms with E-state index in [9.17, 15) is 4.79 Å². The number of hydrogen-bond donors (Lipinski definition) is 0. The van der Waals surface area contributed by atoms with Gasteiger partial charge in [0.15, 0.2) is 0 Å². The standard InChI is InChI=1S/C17H24N4O/c22-17(14-4-3-5-14)21-12-15(13-21)19-8-10-20(11-9-19)16-6-1-2-7-18-16/h1-2,6-7,14-15H,3-5,8-13H2. The molecule has 22 heavy (non-hydrogen) atoms. The van der Waals surface area contributed by atoms with Crippen LogP contribution < -0.4 is 4.90 Å². The number of carbonyl (C=O) groups excluding carboxylic acids is 1. The summed E-state index contributed by atoms with van der Waals surface area (Å²) in [5, 5.41) is 0. The van der Waals surface area contributed by atoms with Gasteiger partial charge in [0.1, 0.15) is 5.82 Å². The Hall–Kier alpha value is -1.62. The fourth-order valence-electron chi connectivity index (χ4n) is 3.64. The van der Waals surface area contributed by atoms with Crippen molar-refractivity contribution < 1.29 is 4.79 Å². The Labute approximate surface area is 131 Å². The topological polar surface area (TPSA) is 39.7 Å². The minimum atomic E-state index is 0.349. The number of aromatic nitrogens is 1. The molecule has 1 aliphatic carbocycles. The van der Waals surface area contributed by atoms with Crippen molar-refractivity contribution in [3.63, 3.8) is 0 Å². The smallest absolute Gasteiger partial charge is 0.225 e. The van der Waals surface area contributed by atoms with E-state index in [1.807, 2.05) is 18.3 Å². The van der Waals surface area contributed by atoms with Crippen LogP contribution in [0.2, 0.25) is 0 Å². The van der Waals surface area contributed by atoms with Crippen LogP contribution in [-0.2, 0) is 4.79 Å². The van der Waals surface area contributed by atoms with Gasteiger partial charge in [-0.1, -0.05) is 12.5 Å². The summed E-state index contributed by atoms with van der Waals surface area (Å²) in [5.41, 5.74) is 0. The molecule has 1 aromatic heterocycles. The lowest BCUT2D eigenvalue weighted by atomic mass is 9.83. The summed E-state index contributed by atoms with van der Waals surface area (Å²) in [6, 6.07) is 6.67. The number of amides is 1. The van der Waals surface area contributed by atoms with E-state index in [0.717, 1.165) is 57.9 Å². The van der Waals surface area contributed by atoms with E-state index in [1.54, 1.807) is 0 Å². The molecular formula is C17H24N4O. The second kappa shape index (κ2) is 5.88. The summed E-state index contributed by atoms with van der Waals surface area (Å²) < 4.78 is 0. The summed E-state index contributed by atoms with van der Waals surface area (Å²) in [5.74, 6) is 1.84. The Morgan fingerprint density at radius 3 is 2.45 bits per heavy atom. The van der Waals surface area contributed by atoms with Crippen LogP contribution in [0.4, 0.5) is 5.82 Å². The molecule has 3 heterocycles. The molecule has 0 aromatic carbocycles. The maximum absolute atomic E-state index is 12.2. The number of carbonyl (C=O) groups is 1. The Balaban J connectivity index is 1.24. The van der Waals surface area contributed by atoms with E-state index in [4.69, 9.17) is 0 Å². The molecule has 2 saturated heterocycles. The zero-order valence-electron chi connectivity index (χ0n) is 13.0. The molecule has 0 radical (unpaired) electrons. The minimum Gasteiger partial charge on any atom is -0.354 e. The first-order chi connectivity index (χ1) is 10.8. The van der Waals surface area contributed by atoms with E-state index in [0.29, 0.717) is 17.9 Å². The van der Waals surface area contributed by atoms with Gasteiger partial charge in [0, 0.05) is 57.4 Å². The van der Waals surface area contributed by atoms with Crippen molar-refractivity contribution >= 4 is 11.7 Å². The molecule has 1 amide bonds. The third kappa shape index (κ3) is 2.58. The van der Waals surface area contributed by atoms with Gasteiger partial charge in [-0.05, 0) is 25.0 Å². The molecule has 0 unspecified atom stereocenters. The molecule has 5 nitrogen and oxygen atoms in total. The molecule has 1 saturated carbocycles. The van der Waals surface area contributed by atoms with Gasteiger partial charge in [-0.25, -0.2) is 4.98 Å². The first kappa shape index (κ1) is 14.0. The summed E-state index contributed by atoms with van der Waals surface area (Å²) >= 11 is 0. The Morgan fingerprint density at radius 2 is 1.86 bits per heavy atom. The molecule has 5 heteroatoms. The zero-order valence-corrected chi connectivity index (χ0v) is 13.0. The average molecular weight is 300 g/mol. The van der Waals surface area contributed by atoms with Gasteiger partial charge in [0.05, 0.1) is 0 Å². The lowest BCUT2D eigenvalue weighted by Gasteiger charge is -2.49. The fraction of sp³-hybridized carbons (Fsp3) is 0.647. The van der Waals surface area contributed by atoms with Crippen LogP contribution in [0.1, 0.15) is 19.3 Å². The first-order valence-electron chi connectivity index (χ1n) is 8.50. The van der Waals surface area contributed by atoms with Gasteiger partial charge in [-0.15, -0.1) is 0 Å². The largest absolute Gasteiger partial charge is 0.354 e. The SMILES string of the molecule is O=C(C1CCC1)N1CC(N2CCN(c3ccccn3)CC2)C1. The van der Waals surface area contributed by atoms with E-state index >= 15 is 0 Å². The number of anilines is 1. The van der Waals surface area contributed by atoms with Gasteiger partial charge in [-0.3, -0.25) is 9.69 Å². The summed E-state index contributed by atoms with van der Waals surface area (Å²) in [4.78, 5) is 23.6. The third-order valence-electron chi connectivity index (χ3n) is 5.43. The predicted molar refractivity (Wildman–Crippen MR) is 85.7 cm³/mol. The summed E-state index contributed by atoms with van der Waals surface area (Å²) in [6.07, 6.45) is 5.33. The number of hydrogen-bond acceptors (Lipinski definition) is 4. The van der Waals surface area contributed by atoms with Crippen molar-refractivity contribution in [1.82, 2.24) is 14.8 Å². The van der Waals surface area contributed by atoms with Crippen LogP contribution in [0.3, 0.4) is 0 Å². The van der Waals surface area contributed by atoms with Crippen molar-refractivity contribution in [2.75, 3.05) is 44.2 Å². The lowest BCUT2D eigenvalue weighted by molar-refractivity contribution is -0.145. The number of nitrogens with zero attached hydrogens (tertiary/aromatic N) is 4. The average Bonchev–Trinajstić information content (AvgIpc) is 2.45. The molecule has 4 rings (SSSR count). The molecule has 3 fully saturated rings. The van der Waals surface area contributed by atoms with Gasteiger partial charge in [-0.2, -0.15) is 0 Å². The summed E-state index contributed by atoms with van der Waals surface area (Å²) in [6.45, 7) is 6.10. The molecule has 0 spiro atoms. The molecule has 2 aliphatic heterocycles. The van der Waals surface area contributed by atoms with Crippen LogP contribution in [0, 0.1) is 5.92 Å². The van der Waals surface area contributed by atoms with Crippen LogP contribution in [0.5, 0.6) is 0 Å². The van der Waals surface area contributed by atoms with Gasteiger partial charge in [0.2, 0.25) is 5.91 Å². The summed E-state index contributed by atoms with van der Waals surface area (Å²) in [7, 11) is 0. The molecule has 0 N–H and O–H groups in total. The highest BCUT2D eigenvalue weighted by molar-refractivity contribution is 5.80. The lowest BCUT2D eigenvalue weighted by Crippen LogP contribution is -2.65. The Morgan fingerprint density at radius 1 is 1.09 bits per heavy atom. The molecular weight excluding hydrogens is 276 g/mol. The van der Waals surface area contributed by atoms with Crippen molar-refractivity contribution in [3.8, 4) is 0 Å². The Bertz CT molecular complexity index is 517. The van der Waals surface area contributed by atoms with E-state index < -0.39 is 0 Å². The highest BCUT2D eigenvalue weighted by Crippen LogP contribution is 2.30. The molecule has 3 aliphatic rings. The van der Waals surface area contributed by atoms with Crippen LogP contribution in [-0.4, -0.2) is 66.0 Å².